The summed E-state index contributed by atoms with van der Waals surface area (Å²) < 4.78 is 46.1. The van der Waals surface area contributed by atoms with Crippen molar-refractivity contribution in [2.24, 2.45) is 41.4 Å². The van der Waals surface area contributed by atoms with Gasteiger partial charge in [0.2, 0.25) is 5.79 Å². The van der Waals surface area contributed by atoms with Gasteiger partial charge in [-0.2, -0.15) is 0 Å². The second-order valence-electron chi connectivity index (χ2n) is 20.6. The SMILES string of the molecule is C=CCOC(=O)[C@H](CC)[C@H]1CC[C@H](C)[C@H]([C@@H](C)[C@H](O)[C@H](C)C(=O)[C@H](CC)[C@H]2O[C@]3(C=C[C@@H](OC(=O)NCCN(C)C)[C@]4(CC[C@@](C)([C@H]5CC[C@](O)(CC)[C@H](C)O5)O4)O3)[C@H](C)C[C@@H]2C)O1. The van der Waals surface area contributed by atoms with Crippen molar-refractivity contribution in [3.63, 3.8) is 0 Å². The van der Waals surface area contributed by atoms with Crippen molar-refractivity contribution in [1.29, 1.82) is 0 Å². The van der Waals surface area contributed by atoms with E-state index in [-0.39, 0.29) is 54.4 Å². The van der Waals surface area contributed by atoms with Crippen molar-refractivity contribution in [3.05, 3.63) is 24.8 Å². The molecule has 18 atom stereocenters. The molecule has 0 aromatic heterocycles. The third-order valence-corrected chi connectivity index (χ3v) is 15.8. The molecule has 5 aliphatic heterocycles. The number of carbonyl (C=O) groups excluding carboxylic acids is 3. The molecule has 0 aromatic rings. The van der Waals surface area contributed by atoms with Crippen LogP contribution in [0, 0.1) is 41.4 Å². The van der Waals surface area contributed by atoms with Crippen LogP contribution in [0.25, 0.3) is 0 Å². The molecule has 5 heterocycles. The number of Topliss-reactive ketones (excluding diaryl/α,β-unsaturated/α-hetero) is 1. The molecule has 4 saturated heterocycles. The summed E-state index contributed by atoms with van der Waals surface area (Å²) in [5, 5.41) is 26.1. The van der Waals surface area contributed by atoms with E-state index in [0.29, 0.717) is 70.9 Å². The number of alkyl carbamates (subject to hydrolysis) is 1. The Kier molecular flexibility index (Phi) is 17.8. The van der Waals surface area contributed by atoms with Gasteiger partial charge in [0, 0.05) is 43.2 Å². The number of ether oxygens (including phenoxy) is 7. The van der Waals surface area contributed by atoms with E-state index >= 15 is 0 Å². The third-order valence-electron chi connectivity index (χ3n) is 15.8. The fourth-order valence-electron chi connectivity index (χ4n) is 11.4. The Morgan fingerprint density at radius 2 is 1.66 bits per heavy atom. The molecule has 64 heavy (non-hydrogen) atoms. The monoisotopic (exact) mass is 905 g/mol. The highest BCUT2D eigenvalue weighted by molar-refractivity contribution is 5.84. The van der Waals surface area contributed by atoms with Gasteiger partial charge in [-0.3, -0.25) is 9.59 Å². The number of carbonyl (C=O) groups is 3. The number of nitrogens with one attached hydrogen (secondary N) is 1. The molecule has 2 spiro atoms. The molecule has 366 valence electrons. The Morgan fingerprint density at radius 1 is 0.953 bits per heavy atom. The van der Waals surface area contributed by atoms with Crippen LogP contribution in [0.4, 0.5) is 4.79 Å². The molecule has 0 aliphatic carbocycles. The maximum absolute atomic E-state index is 14.8. The molecule has 0 saturated carbocycles. The number of ketones is 1. The van der Waals surface area contributed by atoms with Crippen molar-refractivity contribution in [1.82, 2.24) is 10.2 Å². The van der Waals surface area contributed by atoms with Gasteiger partial charge in [-0.25, -0.2) is 4.79 Å². The fraction of sp³-hybridized carbons (Fsp3) is 0.860. The van der Waals surface area contributed by atoms with Gasteiger partial charge in [-0.15, -0.1) is 0 Å². The van der Waals surface area contributed by atoms with Crippen molar-refractivity contribution in [3.8, 4) is 0 Å². The lowest BCUT2D eigenvalue weighted by atomic mass is 9.72. The average molecular weight is 905 g/mol. The molecular weight excluding hydrogens is 821 g/mol. The lowest BCUT2D eigenvalue weighted by Gasteiger charge is -2.54. The van der Waals surface area contributed by atoms with E-state index in [1.54, 1.807) is 13.0 Å². The van der Waals surface area contributed by atoms with E-state index in [9.17, 15) is 24.6 Å². The lowest BCUT2D eigenvalue weighted by Crippen LogP contribution is -2.63. The first kappa shape index (κ1) is 52.5. The van der Waals surface area contributed by atoms with Gasteiger partial charge < -0.3 is 53.6 Å². The Morgan fingerprint density at radius 3 is 2.28 bits per heavy atom. The third kappa shape index (κ3) is 11.1. The highest BCUT2D eigenvalue weighted by Gasteiger charge is 2.64. The van der Waals surface area contributed by atoms with Crippen LogP contribution in [0.15, 0.2) is 24.8 Å². The smallest absolute Gasteiger partial charge is 0.407 e. The Bertz CT molecular complexity index is 1630. The summed E-state index contributed by atoms with van der Waals surface area (Å²) in [6, 6.07) is 0. The number of esters is 1. The number of aliphatic hydroxyl groups excluding tert-OH is 1. The van der Waals surface area contributed by atoms with Gasteiger partial charge in [0.25, 0.3) is 0 Å². The molecule has 0 unspecified atom stereocenters. The van der Waals surface area contributed by atoms with Gasteiger partial charge in [0.15, 0.2) is 11.9 Å². The second-order valence-corrected chi connectivity index (χ2v) is 20.6. The quantitative estimate of drug-likeness (QED) is 0.0939. The molecular formula is C50H84N2O12. The molecule has 0 radical (unpaired) electrons. The van der Waals surface area contributed by atoms with Crippen LogP contribution in [0.2, 0.25) is 0 Å². The molecule has 5 rings (SSSR count). The van der Waals surface area contributed by atoms with Crippen LogP contribution < -0.4 is 5.32 Å². The van der Waals surface area contributed by atoms with Gasteiger partial charge in [0.1, 0.15) is 12.4 Å². The fourth-order valence-corrected chi connectivity index (χ4v) is 11.4. The number of aliphatic hydroxyl groups is 2. The molecule has 5 aliphatic rings. The van der Waals surface area contributed by atoms with Crippen LogP contribution in [0.1, 0.15) is 133 Å². The van der Waals surface area contributed by atoms with E-state index in [0.717, 1.165) is 6.42 Å². The zero-order chi connectivity index (χ0) is 47.4. The zero-order valence-electron chi connectivity index (χ0n) is 41.1. The summed E-state index contributed by atoms with van der Waals surface area (Å²) >= 11 is 0. The standard InChI is InChI=1S/C50H84N2O12/c1-14-28-58-45(55)36(15-2)38-19-18-30(5)43(60-38)34(9)41(53)33(8)42(54)37(16-3)44-31(6)29-32(7)49(62-44)23-21-40(61-46(56)51-26-27-52(12)13)50(64-49)25-24-47(11,63-50)39-20-22-48(57,17-4)35(10)59-39/h14,21,23,30-41,43-44,53,57H,1,15-20,22,24-29H2,2-13H3,(H,51,56)/t30-,31-,32+,33-,34-,35-,36+,37-,38+,39+,40+,41+,43+,44-,47-,48+,49-,50-/m0/s1. The van der Waals surface area contributed by atoms with Crippen LogP contribution in [-0.2, 0) is 42.7 Å². The summed E-state index contributed by atoms with van der Waals surface area (Å²) in [6.07, 6.45) is 6.59. The van der Waals surface area contributed by atoms with Crippen molar-refractivity contribution < 1.29 is 57.8 Å². The first-order chi connectivity index (χ1) is 30.1. The number of hydrogen-bond donors (Lipinski definition) is 3. The molecule has 3 N–H and O–H groups in total. The first-order valence-corrected chi connectivity index (χ1v) is 24.5. The number of hydrogen-bond acceptors (Lipinski definition) is 13. The molecule has 4 fully saturated rings. The highest BCUT2D eigenvalue weighted by atomic mass is 16.8. The summed E-state index contributed by atoms with van der Waals surface area (Å²) in [5.41, 5.74) is -1.76. The minimum atomic E-state index is -1.44. The minimum Gasteiger partial charge on any atom is -0.461 e. The normalized spacial score (nSPS) is 40.1. The molecule has 1 amide bonds. The van der Waals surface area contributed by atoms with E-state index in [2.05, 4.69) is 32.7 Å². The Labute approximate surface area is 383 Å². The van der Waals surface area contributed by atoms with E-state index < -0.39 is 77.0 Å². The van der Waals surface area contributed by atoms with Gasteiger partial charge in [0.05, 0.1) is 53.7 Å². The second kappa shape index (κ2) is 21.7. The lowest BCUT2D eigenvalue weighted by molar-refractivity contribution is -0.408. The van der Waals surface area contributed by atoms with Crippen LogP contribution in [0.3, 0.4) is 0 Å². The predicted molar refractivity (Wildman–Crippen MR) is 243 cm³/mol. The number of rotatable bonds is 18. The van der Waals surface area contributed by atoms with Crippen LogP contribution in [0.5, 0.6) is 0 Å². The highest BCUT2D eigenvalue weighted by Crippen LogP contribution is 2.54. The Hall–Kier alpha value is -2.43. The average Bonchev–Trinajstić information content (AvgIpc) is 3.60. The largest absolute Gasteiger partial charge is 0.461 e. The Balaban J connectivity index is 1.37. The zero-order valence-corrected chi connectivity index (χ0v) is 41.1. The minimum absolute atomic E-state index is 0.0285. The summed E-state index contributed by atoms with van der Waals surface area (Å²) in [6.45, 7) is 24.6. The maximum Gasteiger partial charge on any atom is 0.407 e. The van der Waals surface area contributed by atoms with Crippen molar-refractivity contribution in [2.45, 2.75) is 199 Å². The number of amides is 1. The van der Waals surface area contributed by atoms with Crippen LogP contribution in [-0.4, -0.2) is 132 Å². The number of nitrogens with zero attached hydrogens (tertiary/aromatic N) is 1. The number of likely N-dealkylation sites (N-methyl/N-ethyl adjacent to an activating group) is 1. The van der Waals surface area contributed by atoms with Gasteiger partial charge in [-0.05, 0) is 110 Å². The summed E-state index contributed by atoms with van der Waals surface area (Å²) in [5.74, 6) is -5.37. The first-order valence-electron chi connectivity index (χ1n) is 24.5. The van der Waals surface area contributed by atoms with E-state index in [1.807, 2.05) is 72.7 Å². The van der Waals surface area contributed by atoms with Crippen LogP contribution >= 0.6 is 0 Å². The molecule has 14 heteroatoms. The van der Waals surface area contributed by atoms with E-state index in [1.165, 1.54) is 0 Å². The van der Waals surface area contributed by atoms with E-state index in [4.69, 9.17) is 33.2 Å². The molecule has 14 nitrogen and oxygen atoms in total. The maximum atomic E-state index is 14.8. The predicted octanol–water partition coefficient (Wildman–Crippen LogP) is 7.13. The summed E-state index contributed by atoms with van der Waals surface area (Å²) in [4.78, 5) is 43.0. The van der Waals surface area contributed by atoms with Gasteiger partial charge >= 0.3 is 12.1 Å². The molecule has 0 aromatic carbocycles. The van der Waals surface area contributed by atoms with Crippen molar-refractivity contribution in [2.75, 3.05) is 33.8 Å². The summed E-state index contributed by atoms with van der Waals surface area (Å²) in [7, 11) is 3.86. The topological polar surface area (TPSA) is 172 Å². The molecule has 0 bridgehead atoms. The van der Waals surface area contributed by atoms with Gasteiger partial charge in [-0.1, -0.05) is 68.0 Å². The van der Waals surface area contributed by atoms with Crippen molar-refractivity contribution >= 4 is 17.8 Å².